The van der Waals surface area contributed by atoms with Gasteiger partial charge in [-0.25, -0.2) is 9.59 Å². The van der Waals surface area contributed by atoms with Gasteiger partial charge in [-0.05, 0) is 36.2 Å². The van der Waals surface area contributed by atoms with E-state index in [0.717, 1.165) is 17.0 Å². The first kappa shape index (κ1) is 21.6. The second kappa shape index (κ2) is 7.81. The monoisotopic (exact) mass is 444 g/mol. The molecular weight excluding hydrogens is 425 g/mol. The Morgan fingerprint density at radius 1 is 1.06 bits per heavy atom. The molecule has 166 valence electrons. The van der Waals surface area contributed by atoms with Gasteiger partial charge in [-0.3, -0.25) is 9.69 Å². The van der Waals surface area contributed by atoms with Crippen LogP contribution in [0.5, 0.6) is 0 Å². The van der Waals surface area contributed by atoms with Gasteiger partial charge in [0.05, 0.1) is 30.0 Å². The summed E-state index contributed by atoms with van der Waals surface area (Å²) in [6.45, 7) is 0. The van der Waals surface area contributed by atoms with Crippen LogP contribution in [0, 0.1) is 0 Å². The summed E-state index contributed by atoms with van der Waals surface area (Å²) >= 11 is 0. The van der Waals surface area contributed by atoms with E-state index >= 15 is 0 Å². The molecule has 0 N–H and O–H groups in total. The van der Waals surface area contributed by atoms with Gasteiger partial charge >= 0.3 is 18.2 Å². The van der Waals surface area contributed by atoms with E-state index in [9.17, 15) is 27.6 Å². The lowest BCUT2D eigenvalue weighted by Crippen LogP contribution is -2.48. The maximum atomic E-state index is 13.4. The highest BCUT2D eigenvalue weighted by molar-refractivity contribution is 6.08. The molecule has 0 saturated carbocycles. The predicted molar refractivity (Wildman–Crippen MR) is 109 cm³/mol. The van der Waals surface area contributed by atoms with Crippen molar-refractivity contribution < 1.29 is 32.3 Å². The number of amides is 2. The molecule has 2 aromatic carbocycles. The Balaban J connectivity index is 1.90. The first-order valence-corrected chi connectivity index (χ1v) is 9.82. The molecular formula is C23H19F3N2O4. The van der Waals surface area contributed by atoms with Gasteiger partial charge in [-0.2, -0.15) is 13.2 Å². The first-order chi connectivity index (χ1) is 15.1. The lowest BCUT2D eigenvalue weighted by atomic mass is 9.90. The third-order valence-corrected chi connectivity index (χ3v) is 5.72. The second-order valence-corrected chi connectivity index (χ2v) is 7.54. The molecule has 1 aliphatic heterocycles. The molecule has 1 unspecified atom stereocenters. The van der Waals surface area contributed by atoms with E-state index < -0.39 is 29.8 Å². The number of carbonyl (C=O) groups is 3. The number of urea groups is 1. The van der Waals surface area contributed by atoms with Crippen molar-refractivity contribution in [2.24, 2.45) is 0 Å². The largest absolute Gasteiger partial charge is 0.465 e. The molecule has 0 fully saturated rings. The number of esters is 1. The van der Waals surface area contributed by atoms with Gasteiger partial charge < -0.3 is 9.64 Å². The van der Waals surface area contributed by atoms with Crippen molar-refractivity contribution in [3.63, 3.8) is 0 Å². The third-order valence-electron chi connectivity index (χ3n) is 5.72. The molecule has 2 amide bonds. The van der Waals surface area contributed by atoms with Crippen LogP contribution in [0.4, 0.5) is 23.7 Å². The van der Waals surface area contributed by atoms with Crippen LogP contribution in [0.15, 0.2) is 59.8 Å². The van der Waals surface area contributed by atoms with Gasteiger partial charge in [-0.1, -0.05) is 24.3 Å². The van der Waals surface area contributed by atoms with E-state index in [4.69, 9.17) is 4.74 Å². The predicted octanol–water partition coefficient (Wildman–Crippen LogP) is 4.72. The Hall–Kier alpha value is -3.62. The number of allylic oxidation sites excluding steroid dienone is 1. The lowest BCUT2D eigenvalue weighted by molar-refractivity contribution is -0.137. The van der Waals surface area contributed by atoms with E-state index in [-0.39, 0.29) is 29.9 Å². The van der Waals surface area contributed by atoms with Crippen molar-refractivity contribution in [2.45, 2.75) is 25.1 Å². The Morgan fingerprint density at radius 3 is 2.47 bits per heavy atom. The molecule has 1 atom stereocenters. The number of hydrogen-bond acceptors (Lipinski definition) is 4. The first-order valence-electron chi connectivity index (χ1n) is 9.82. The minimum Gasteiger partial charge on any atom is -0.465 e. The molecule has 0 aromatic heterocycles. The second-order valence-electron chi connectivity index (χ2n) is 7.54. The van der Waals surface area contributed by atoms with E-state index in [1.165, 1.54) is 31.2 Å². The molecule has 0 radical (unpaired) electrons. The number of nitrogens with zero attached hydrogens (tertiary/aromatic N) is 2. The summed E-state index contributed by atoms with van der Waals surface area (Å²) in [5.74, 6) is -0.838. The zero-order chi connectivity index (χ0) is 23.2. The van der Waals surface area contributed by atoms with Gasteiger partial charge in [0, 0.05) is 24.7 Å². The number of ether oxygens (including phenoxy) is 1. The molecule has 4 rings (SSSR count). The average Bonchev–Trinajstić information content (AvgIpc) is 3.14. The van der Waals surface area contributed by atoms with Crippen LogP contribution in [0.3, 0.4) is 0 Å². The Labute approximate surface area is 181 Å². The molecule has 2 aliphatic rings. The van der Waals surface area contributed by atoms with Crippen molar-refractivity contribution >= 4 is 23.5 Å². The summed E-state index contributed by atoms with van der Waals surface area (Å²) < 4.78 is 44.6. The number of ketones is 1. The van der Waals surface area contributed by atoms with E-state index in [2.05, 4.69) is 0 Å². The smallest absolute Gasteiger partial charge is 0.416 e. The van der Waals surface area contributed by atoms with Crippen LogP contribution in [0.25, 0.3) is 0 Å². The van der Waals surface area contributed by atoms with Crippen LogP contribution in [0.1, 0.15) is 40.4 Å². The van der Waals surface area contributed by atoms with Gasteiger partial charge in [0.2, 0.25) is 0 Å². The highest BCUT2D eigenvalue weighted by Crippen LogP contribution is 2.45. The molecule has 2 aromatic rings. The fraction of sp³-hybridized carbons (Fsp3) is 0.261. The van der Waals surface area contributed by atoms with Crippen molar-refractivity contribution in [2.75, 3.05) is 19.1 Å². The van der Waals surface area contributed by atoms with Crippen molar-refractivity contribution in [3.8, 4) is 0 Å². The van der Waals surface area contributed by atoms with E-state index in [0.29, 0.717) is 16.8 Å². The third kappa shape index (κ3) is 3.43. The molecule has 0 saturated heterocycles. The maximum Gasteiger partial charge on any atom is 0.416 e. The molecule has 1 heterocycles. The Bertz CT molecular complexity index is 1160. The number of rotatable bonds is 3. The van der Waals surface area contributed by atoms with Gasteiger partial charge in [-0.15, -0.1) is 0 Å². The molecule has 0 spiro atoms. The number of hydrogen-bond donors (Lipinski definition) is 0. The molecule has 0 bridgehead atoms. The normalized spacial score (nSPS) is 18.8. The van der Waals surface area contributed by atoms with Gasteiger partial charge in [0.25, 0.3) is 0 Å². The number of halogens is 3. The number of methoxy groups -OCH3 is 1. The van der Waals surface area contributed by atoms with Crippen molar-refractivity contribution in [3.05, 3.63) is 76.5 Å². The lowest BCUT2D eigenvalue weighted by Gasteiger charge is -2.40. The van der Waals surface area contributed by atoms with Crippen LogP contribution in [-0.4, -0.2) is 36.8 Å². The SMILES string of the molecule is COC(=O)c1ccccc1C1C2=C(CCC2=O)N(c2cccc(C(F)(F)F)c2)C(=O)N1C. The summed E-state index contributed by atoms with van der Waals surface area (Å²) in [4.78, 5) is 41.0. The fourth-order valence-corrected chi connectivity index (χ4v) is 4.27. The summed E-state index contributed by atoms with van der Waals surface area (Å²) in [7, 11) is 2.69. The summed E-state index contributed by atoms with van der Waals surface area (Å²) in [5.41, 5.74) is 0.400. The summed E-state index contributed by atoms with van der Waals surface area (Å²) in [6, 6.07) is 9.48. The number of benzene rings is 2. The molecule has 6 nitrogen and oxygen atoms in total. The minimum atomic E-state index is -4.58. The van der Waals surface area contributed by atoms with Crippen molar-refractivity contribution in [1.82, 2.24) is 4.90 Å². The highest BCUT2D eigenvalue weighted by atomic mass is 19.4. The van der Waals surface area contributed by atoms with Crippen LogP contribution < -0.4 is 4.90 Å². The van der Waals surface area contributed by atoms with Crippen LogP contribution in [0.2, 0.25) is 0 Å². The van der Waals surface area contributed by atoms with E-state index in [1.54, 1.807) is 24.3 Å². The van der Waals surface area contributed by atoms with Crippen LogP contribution >= 0.6 is 0 Å². The number of likely N-dealkylation sites (N-methyl/N-ethyl adjacent to an activating group) is 1. The number of anilines is 1. The quantitative estimate of drug-likeness (QED) is 0.643. The highest BCUT2D eigenvalue weighted by Gasteiger charge is 2.45. The molecule has 1 aliphatic carbocycles. The molecule has 32 heavy (non-hydrogen) atoms. The number of carbonyl (C=O) groups excluding carboxylic acids is 3. The molecule has 9 heteroatoms. The number of Topliss-reactive ketones (excluding diaryl/α,β-unsaturated/α-hetero) is 1. The number of alkyl halides is 3. The summed E-state index contributed by atoms with van der Waals surface area (Å²) in [6.07, 6.45) is -4.25. The average molecular weight is 444 g/mol. The van der Waals surface area contributed by atoms with Gasteiger partial charge in [0.15, 0.2) is 5.78 Å². The Morgan fingerprint density at radius 2 is 1.78 bits per heavy atom. The van der Waals surface area contributed by atoms with Gasteiger partial charge in [0.1, 0.15) is 0 Å². The van der Waals surface area contributed by atoms with Crippen molar-refractivity contribution in [1.29, 1.82) is 0 Å². The maximum absolute atomic E-state index is 13.4. The minimum absolute atomic E-state index is 0.0265. The zero-order valence-electron chi connectivity index (χ0n) is 17.3. The topological polar surface area (TPSA) is 66.9 Å². The Kier molecular flexibility index (Phi) is 5.28. The zero-order valence-corrected chi connectivity index (χ0v) is 17.3. The fourth-order valence-electron chi connectivity index (χ4n) is 4.27. The van der Waals surface area contributed by atoms with Crippen LogP contribution in [-0.2, 0) is 15.7 Å². The summed E-state index contributed by atoms with van der Waals surface area (Å²) in [5, 5.41) is 0. The van der Waals surface area contributed by atoms with E-state index in [1.807, 2.05) is 0 Å². The standard InChI is InChI=1S/C23H19F3N2O4/c1-27-20(15-8-3-4-9-16(15)21(30)32-2)19-17(10-11-18(19)29)28(22(27)31)14-7-5-6-13(12-14)23(24,25)26/h3-9,12,20H,10-11H2,1-2H3.